The predicted molar refractivity (Wildman–Crippen MR) is 94.4 cm³/mol. The van der Waals surface area contributed by atoms with E-state index in [0.717, 1.165) is 11.0 Å². The fraction of sp³-hybridized carbons (Fsp3) is 0. The van der Waals surface area contributed by atoms with Gasteiger partial charge in [-0.2, -0.15) is 0 Å². The first kappa shape index (κ1) is 15.4. The predicted octanol–water partition coefficient (Wildman–Crippen LogP) is 4.72. The van der Waals surface area contributed by atoms with Gasteiger partial charge in [0.05, 0.1) is 22.1 Å². The lowest BCUT2D eigenvalue weighted by atomic mass is 10.2. The van der Waals surface area contributed by atoms with Crippen LogP contribution in [-0.4, -0.2) is 20.5 Å². The fourth-order valence-electron chi connectivity index (χ4n) is 2.77. The Labute approximate surface area is 146 Å². The molecule has 0 bridgehead atoms. The van der Waals surface area contributed by atoms with E-state index in [1.54, 1.807) is 12.1 Å². The monoisotopic (exact) mass is 355 g/mol. The number of hydrogen-bond acceptors (Lipinski definition) is 3. The van der Waals surface area contributed by atoms with Crippen LogP contribution in [0.2, 0.25) is 5.02 Å². The molecule has 2 aromatic heterocycles. The minimum absolute atomic E-state index is 0.145. The molecule has 0 radical (unpaired) electrons. The van der Waals surface area contributed by atoms with E-state index in [0.29, 0.717) is 17.0 Å². The number of nitrogens with one attached hydrogen (secondary N) is 1. The van der Waals surface area contributed by atoms with Crippen LogP contribution >= 0.6 is 11.6 Å². The zero-order chi connectivity index (χ0) is 17.6. The van der Waals surface area contributed by atoms with Crippen molar-refractivity contribution in [2.75, 3.05) is 5.32 Å². The molecule has 2 aromatic carbocycles. The first-order valence-electron chi connectivity index (χ1n) is 7.38. The molecule has 2 N–H and O–H groups in total. The van der Waals surface area contributed by atoms with Crippen molar-refractivity contribution in [3.8, 4) is 0 Å². The number of fused-ring (bicyclic) bond motifs is 3. The second-order valence-electron chi connectivity index (χ2n) is 5.52. The van der Waals surface area contributed by atoms with Crippen LogP contribution in [0.1, 0.15) is 10.4 Å². The van der Waals surface area contributed by atoms with Gasteiger partial charge in [-0.3, -0.25) is 0 Å². The number of rotatable bonds is 3. The van der Waals surface area contributed by atoms with Crippen LogP contribution in [0.5, 0.6) is 0 Å². The zero-order valence-electron chi connectivity index (χ0n) is 12.7. The number of halogens is 2. The first-order valence-corrected chi connectivity index (χ1v) is 7.76. The van der Waals surface area contributed by atoms with Crippen molar-refractivity contribution in [3.63, 3.8) is 0 Å². The van der Waals surface area contributed by atoms with E-state index >= 15 is 0 Å². The quantitative estimate of drug-likeness (QED) is 0.558. The van der Waals surface area contributed by atoms with E-state index in [1.165, 1.54) is 24.3 Å². The summed E-state index contributed by atoms with van der Waals surface area (Å²) in [6, 6.07) is 12.6. The molecule has 0 fully saturated rings. The van der Waals surface area contributed by atoms with Crippen molar-refractivity contribution >= 4 is 45.6 Å². The van der Waals surface area contributed by atoms with Crippen LogP contribution in [0.3, 0.4) is 0 Å². The van der Waals surface area contributed by atoms with Crippen LogP contribution in [0.4, 0.5) is 15.9 Å². The fourth-order valence-corrected chi connectivity index (χ4v) is 2.99. The standard InChI is InChI=1S/C18H11ClFN3O2/c19-11-7-12(20)9-13(8-11)21-17-16-2-1-5-23(16)15-4-3-10(18(24)25)6-14(15)22-17/h1-9H,(H,21,22)(H,24,25). The largest absolute Gasteiger partial charge is 0.478 e. The molecule has 0 aliphatic heterocycles. The lowest BCUT2D eigenvalue weighted by Crippen LogP contribution is -2.01. The maximum absolute atomic E-state index is 13.6. The van der Waals surface area contributed by atoms with Gasteiger partial charge in [0.25, 0.3) is 0 Å². The number of aromatic carboxylic acids is 1. The average molecular weight is 356 g/mol. The van der Waals surface area contributed by atoms with Crippen molar-refractivity contribution in [2.45, 2.75) is 0 Å². The van der Waals surface area contributed by atoms with Gasteiger partial charge < -0.3 is 14.8 Å². The van der Waals surface area contributed by atoms with Gasteiger partial charge in [-0.15, -0.1) is 0 Å². The third-order valence-corrected chi connectivity index (χ3v) is 4.05. The van der Waals surface area contributed by atoms with Gasteiger partial charge in [-0.1, -0.05) is 11.6 Å². The molecule has 25 heavy (non-hydrogen) atoms. The Hall–Kier alpha value is -3.12. The molecule has 7 heteroatoms. The molecule has 2 heterocycles. The molecule has 0 aliphatic carbocycles. The van der Waals surface area contributed by atoms with Crippen LogP contribution in [0.25, 0.3) is 16.6 Å². The van der Waals surface area contributed by atoms with E-state index < -0.39 is 11.8 Å². The van der Waals surface area contributed by atoms with Crippen molar-refractivity contribution in [2.24, 2.45) is 0 Å². The molecule has 0 amide bonds. The van der Waals surface area contributed by atoms with Gasteiger partial charge in [-0.25, -0.2) is 14.2 Å². The smallest absolute Gasteiger partial charge is 0.335 e. The maximum Gasteiger partial charge on any atom is 0.335 e. The van der Waals surface area contributed by atoms with Crippen LogP contribution < -0.4 is 5.32 Å². The number of benzene rings is 2. The SMILES string of the molecule is O=C(O)c1ccc2c(c1)nc(Nc1cc(F)cc(Cl)c1)c1cccn12. The number of carbonyl (C=O) groups is 1. The average Bonchev–Trinajstić information content (AvgIpc) is 3.03. The molecule has 5 nitrogen and oxygen atoms in total. The second-order valence-corrected chi connectivity index (χ2v) is 5.95. The van der Waals surface area contributed by atoms with Crippen LogP contribution in [0, 0.1) is 5.82 Å². The third kappa shape index (κ3) is 2.77. The molecule has 0 atom stereocenters. The molecule has 0 aliphatic rings. The summed E-state index contributed by atoms with van der Waals surface area (Å²) in [7, 11) is 0. The van der Waals surface area contributed by atoms with Gasteiger partial charge in [0.15, 0.2) is 5.82 Å². The minimum atomic E-state index is -1.03. The Morgan fingerprint density at radius 3 is 2.76 bits per heavy atom. The minimum Gasteiger partial charge on any atom is -0.478 e. The summed E-state index contributed by atoms with van der Waals surface area (Å²) in [5, 5.41) is 12.5. The van der Waals surface area contributed by atoms with Crippen molar-refractivity contribution in [3.05, 3.63) is 71.1 Å². The number of nitrogens with zero attached hydrogens (tertiary/aromatic N) is 2. The highest BCUT2D eigenvalue weighted by Crippen LogP contribution is 2.27. The Morgan fingerprint density at radius 1 is 1.16 bits per heavy atom. The second kappa shape index (κ2) is 5.75. The molecular weight excluding hydrogens is 345 g/mol. The van der Waals surface area contributed by atoms with Crippen molar-refractivity contribution < 1.29 is 14.3 Å². The Morgan fingerprint density at radius 2 is 2.00 bits per heavy atom. The molecule has 0 saturated carbocycles. The molecular formula is C18H11ClFN3O2. The maximum atomic E-state index is 13.6. The molecule has 124 valence electrons. The Bertz CT molecular complexity index is 1120. The van der Waals surface area contributed by atoms with E-state index in [9.17, 15) is 14.3 Å². The van der Waals surface area contributed by atoms with Gasteiger partial charge in [-0.05, 0) is 48.5 Å². The summed E-state index contributed by atoms with van der Waals surface area (Å²) in [4.78, 5) is 15.7. The lowest BCUT2D eigenvalue weighted by Gasteiger charge is -2.11. The van der Waals surface area contributed by atoms with Gasteiger partial charge in [0, 0.05) is 16.9 Å². The number of hydrogen-bond donors (Lipinski definition) is 2. The summed E-state index contributed by atoms with van der Waals surface area (Å²) in [5.41, 5.74) is 2.65. The van der Waals surface area contributed by atoms with E-state index in [2.05, 4.69) is 10.3 Å². The zero-order valence-corrected chi connectivity index (χ0v) is 13.5. The van der Waals surface area contributed by atoms with Gasteiger partial charge >= 0.3 is 5.97 Å². The highest BCUT2D eigenvalue weighted by atomic mass is 35.5. The highest BCUT2D eigenvalue weighted by molar-refractivity contribution is 6.30. The normalized spacial score (nSPS) is 11.1. The van der Waals surface area contributed by atoms with Crippen LogP contribution in [0.15, 0.2) is 54.7 Å². The van der Waals surface area contributed by atoms with E-state index in [4.69, 9.17) is 11.6 Å². The topological polar surface area (TPSA) is 66.6 Å². The summed E-state index contributed by atoms with van der Waals surface area (Å²) in [6.45, 7) is 0. The number of anilines is 2. The molecule has 0 saturated heterocycles. The van der Waals surface area contributed by atoms with Crippen molar-refractivity contribution in [1.82, 2.24) is 9.38 Å². The van der Waals surface area contributed by atoms with Crippen molar-refractivity contribution in [1.29, 1.82) is 0 Å². The molecule has 4 rings (SSSR count). The number of aromatic nitrogens is 2. The highest BCUT2D eigenvalue weighted by Gasteiger charge is 2.11. The lowest BCUT2D eigenvalue weighted by molar-refractivity contribution is 0.0697. The Kier molecular flexibility index (Phi) is 3.54. The summed E-state index contributed by atoms with van der Waals surface area (Å²) in [5.74, 6) is -1.01. The van der Waals surface area contributed by atoms with Gasteiger partial charge in [0.2, 0.25) is 0 Å². The third-order valence-electron chi connectivity index (χ3n) is 3.83. The summed E-state index contributed by atoms with van der Waals surface area (Å²) >= 11 is 5.89. The van der Waals surface area contributed by atoms with Crippen LogP contribution in [-0.2, 0) is 0 Å². The van der Waals surface area contributed by atoms with Gasteiger partial charge in [0.1, 0.15) is 5.82 Å². The Balaban J connectivity index is 1.91. The summed E-state index contributed by atoms with van der Waals surface area (Å²) < 4.78 is 15.5. The molecule has 4 aromatic rings. The number of carboxylic acid groups (broad SMARTS) is 1. The molecule has 0 spiro atoms. The van der Waals surface area contributed by atoms with E-state index in [1.807, 2.05) is 22.7 Å². The first-order chi connectivity index (χ1) is 12.0. The molecule has 0 unspecified atom stereocenters. The van der Waals surface area contributed by atoms with E-state index in [-0.39, 0.29) is 10.6 Å². The number of carboxylic acids is 1. The summed E-state index contributed by atoms with van der Waals surface area (Å²) in [6.07, 6.45) is 1.85.